The highest BCUT2D eigenvalue weighted by Gasteiger charge is 2.12. The van der Waals surface area contributed by atoms with E-state index in [1.807, 2.05) is 0 Å². The van der Waals surface area contributed by atoms with Crippen molar-refractivity contribution in [2.45, 2.75) is 0 Å². The molecule has 1 N–H and O–H groups in total. The maximum Gasteiger partial charge on any atom is 0.262 e. The van der Waals surface area contributed by atoms with Crippen LogP contribution in [0.25, 0.3) is 0 Å². The number of anilines is 1. The number of benzene rings is 2. The molecule has 110 valence electrons. The quantitative estimate of drug-likeness (QED) is 0.899. The Morgan fingerprint density at radius 1 is 1.14 bits per heavy atom. The van der Waals surface area contributed by atoms with Crippen molar-refractivity contribution in [2.24, 2.45) is 0 Å². The van der Waals surface area contributed by atoms with Crippen LogP contribution < -0.4 is 10.1 Å². The first-order valence-electron chi connectivity index (χ1n) is 5.79. The number of halogens is 4. The fourth-order valence-electron chi connectivity index (χ4n) is 1.52. The van der Waals surface area contributed by atoms with Gasteiger partial charge in [-0.1, -0.05) is 22.0 Å². The van der Waals surface area contributed by atoms with Gasteiger partial charge < -0.3 is 10.1 Å². The molecule has 0 heterocycles. The van der Waals surface area contributed by atoms with Gasteiger partial charge >= 0.3 is 0 Å². The Hall–Kier alpha value is -2.02. The maximum atomic E-state index is 13.4. The van der Waals surface area contributed by atoms with Gasteiger partial charge in [0.05, 0.1) is 5.69 Å². The van der Waals surface area contributed by atoms with Crippen LogP contribution in [-0.2, 0) is 4.79 Å². The van der Waals surface area contributed by atoms with Gasteiger partial charge in [-0.2, -0.15) is 0 Å². The van der Waals surface area contributed by atoms with Crippen molar-refractivity contribution in [3.63, 3.8) is 0 Å². The van der Waals surface area contributed by atoms with E-state index < -0.39 is 30.0 Å². The van der Waals surface area contributed by atoms with Crippen molar-refractivity contribution < 1.29 is 22.7 Å². The maximum absolute atomic E-state index is 13.4. The number of nitrogens with one attached hydrogen (secondary N) is 1. The molecule has 0 aliphatic carbocycles. The summed E-state index contributed by atoms with van der Waals surface area (Å²) in [5.41, 5.74) is -0.306. The minimum absolute atomic E-state index is 0.118. The van der Waals surface area contributed by atoms with Crippen molar-refractivity contribution in [1.29, 1.82) is 0 Å². The van der Waals surface area contributed by atoms with Gasteiger partial charge in [0.15, 0.2) is 29.8 Å². The zero-order valence-corrected chi connectivity index (χ0v) is 12.1. The van der Waals surface area contributed by atoms with Gasteiger partial charge in [0.25, 0.3) is 5.91 Å². The van der Waals surface area contributed by atoms with E-state index in [2.05, 4.69) is 21.2 Å². The number of amides is 1. The van der Waals surface area contributed by atoms with Crippen LogP contribution in [0.5, 0.6) is 5.75 Å². The summed E-state index contributed by atoms with van der Waals surface area (Å²) in [6.07, 6.45) is 0. The summed E-state index contributed by atoms with van der Waals surface area (Å²) in [6.45, 7) is -0.533. The highest BCUT2D eigenvalue weighted by molar-refractivity contribution is 9.10. The van der Waals surface area contributed by atoms with E-state index in [9.17, 15) is 18.0 Å². The van der Waals surface area contributed by atoms with Gasteiger partial charge in [-0.25, -0.2) is 13.2 Å². The van der Waals surface area contributed by atoms with Crippen LogP contribution in [0, 0.1) is 17.5 Å². The fraction of sp³-hybridized carbons (Fsp3) is 0.0714. The zero-order valence-electron chi connectivity index (χ0n) is 10.5. The Morgan fingerprint density at radius 3 is 2.62 bits per heavy atom. The van der Waals surface area contributed by atoms with Crippen LogP contribution in [0.15, 0.2) is 40.9 Å². The third-order valence-corrected chi connectivity index (χ3v) is 2.97. The first kappa shape index (κ1) is 15.4. The number of hydrogen-bond donors (Lipinski definition) is 1. The standard InChI is InChI=1S/C14H9BrF3NO2/c15-8-4-5-12(10(17)6-8)21-7-13(20)19-11-3-1-2-9(16)14(11)18/h1-6H,7H2,(H,19,20). The monoisotopic (exact) mass is 359 g/mol. The summed E-state index contributed by atoms with van der Waals surface area (Å²) in [6, 6.07) is 7.45. The minimum atomic E-state index is -1.17. The lowest BCUT2D eigenvalue weighted by molar-refractivity contribution is -0.118. The summed E-state index contributed by atoms with van der Waals surface area (Å²) in [7, 11) is 0. The second kappa shape index (κ2) is 6.62. The predicted molar refractivity (Wildman–Crippen MR) is 74.6 cm³/mol. The lowest BCUT2D eigenvalue weighted by Gasteiger charge is -2.09. The molecule has 0 spiro atoms. The van der Waals surface area contributed by atoms with Gasteiger partial charge in [0.1, 0.15) is 0 Å². The number of carbonyl (C=O) groups is 1. The van der Waals surface area contributed by atoms with E-state index in [1.165, 1.54) is 24.3 Å². The lowest BCUT2D eigenvalue weighted by atomic mass is 10.3. The highest BCUT2D eigenvalue weighted by Crippen LogP contribution is 2.21. The van der Waals surface area contributed by atoms with E-state index in [0.717, 1.165) is 6.07 Å². The second-order valence-electron chi connectivity index (χ2n) is 4.01. The molecule has 0 aromatic heterocycles. The van der Waals surface area contributed by atoms with Gasteiger partial charge in [0, 0.05) is 4.47 Å². The van der Waals surface area contributed by atoms with Crippen molar-refractivity contribution in [3.05, 3.63) is 58.3 Å². The fourth-order valence-corrected chi connectivity index (χ4v) is 1.86. The van der Waals surface area contributed by atoms with Crippen LogP contribution in [0.2, 0.25) is 0 Å². The zero-order chi connectivity index (χ0) is 15.4. The summed E-state index contributed by atoms with van der Waals surface area (Å²) >= 11 is 3.08. The first-order valence-corrected chi connectivity index (χ1v) is 6.58. The Labute approximate surface area is 126 Å². The molecule has 3 nitrogen and oxygen atoms in total. The molecular formula is C14H9BrF3NO2. The topological polar surface area (TPSA) is 38.3 Å². The first-order chi connectivity index (χ1) is 9.97. The molecule has 21 heavy (non-hydrogen) atoms. The van der Waals surface area contributed by atoms with Crippen LogP contribution in [0.3, 0.4) is 0 Å². The Balaban J connectivity index is 1.97. The smallest absolute Gasteiger partial charge is 0.262 e. The molecule has 0 atom stereocenters. The molecule has 2 aromatic rings. The number of rotatable bonds is 4. The van der Waals surface area contributed by atoms with E-state index in [0.29, 0.717) is 4.47 Å². The molecule has 0 bridgehead atoms. The molecule has 0 saturated carbocycles. The summed E-state index contributed by atoms with van der Waals surface area (Å²) in [4.78, 5) is 11.6. The third-order valence-electron chi connectivity index (χ3n) is 2.48. The molecule has 0 aliphatic heterocycles. The number of carbonyl (C=O) groups excluding carboxylic acids is 1. The minimum Gasteiger partial charge on any atom is -0.481 e. The largest absolute Gasteiger partial charge is 0.481 e. The van der Waals surface area contributed by atoms with E-state index in [1.54, 1.807) is 6.07 Å². The Bertz CT molecular complexity index is 679. The SMILES string of the molecule is O=C(COc1ccc(Br)cc1F)Nc1cccc(F)c1F. The van der Waals surface area contributed by atoms with Gasteiger partial charge in [0.2, 0.25) is 0 Å². The molecule has 0 saturated heterocycles. The molecule has 0 fully saturated rings. The lowest BCUT2D eigenvalue weighted by Crippen LogP contribution is -2.21. The van der Waals surface area contributed by atoms with Crippen molar-refractivity contribution in [3.8, 4) is 5.75 Å². The van der Waals surface area contributed by atoms with Crippen molar-refractivity contribution in [1.82, 2.24) is 0 Å². The average molecular weight is 360 g/mol. The normalized spacial score (nSPS) is 10.3. The van der Waals surface area contributed by atoms with Crippen LogP contribution in [0.4, 0.5) is 18.9 Å². The van der Waals surface area contributed by atoms with Gasteiger partial charge in [-0.05, 0) is 30.3 Å². The second-order valence-corrected chi connectivity index (χ2v) is 4.93. The molecular weight excluding hydrogens is 351 g/mol. The van der Waals surface area contributed by atoms with Crippen LogP contribution >= 0.6 is 15.9 Å². The van der Waals surface area contributed by atoms with Gasteiger partial charge in [-0.3, -0.25) is 4.79 Å². The van der Waals surface area contributed by atoms with Crippen molar-refractivity contribution in [2.75, 3.05) is 11.9 Å². The molecule has 0 radical (unpaired) electrons. The average Bonchev–Trinajstić information content (AvgIpc) is 2.43. The molecule has 2 aromatic carbocycles. The molecule has 0 unspecified atom stereocenters. The highest BCUT2D eigenvalue weighted by atomic mass is 79.9. The molecule has 2 rings (SSSR count). The van der Waals surface area contributed by atoms with E-state index in [4.69, 9.17) is 4.74 Å². The van der Waals surface area contributed by atoms with Gasteiger partial charge in [-0.15, -0.1) is 0 Å². The van der Waals surface area contributed by atoms with E-state index >= 15 is 0 Å². The van der Waals surface area contributed by atoms with Crippen LogP contribution in [-0.4, -0.2) is 12.5 Å². The van der Waals surface area contributed by atoms with Crippen LogP contribution in [0.1, 0.15) is 0 Å². The predicted octanol–water partition coefficient (Wildman–Crippen LogP) is 3.88. The Kier molecular flexibility index (Phi) is 4.85. The number of ether oxygens (including phenoxy) is 1. The van der Waals surface area contributed by atoms with Crippen molar-refractivity contribution >= 4 is 27.5 Å². The number of hydrogen-bond acceptors (Lipinski definition) is 2. The molecule has 0 aliphatic rings. The molecule has 1 amide bonds. The summed E-state index contributed by atoms with van der Waals surface area (Å²) in [5.74, 6) is -3.74. The Morgan fingerprint density at radius 2 is 1.90 bits per heavy atom. The molecule has 7 heteroatoms. The van der Waals surface area contributed by atoms with E-state index in [-0.39, 0.29) is 11.4 Å². The summed E-state index contributed by atoms with van der Waals surface area (Å²) < 4.78 is 45.2. The third kappa shape index (κ3) is 3.98. The summed E-state index contributed by atoms with van der Waals surface area (Å²) in [5, 5.41) is 2.14.